The predicted molar refractivity (Wildman–Crippen MR) is 175 cm³/mol. The van der Waals surface area contributed by atoms with Gasteiger partial charge in [0.25, 0.3) is 0 Å². The molecule has 5 aromatic carbocycles. The summed E-state index contributed by atoms with van der Waals surface area (Å²) in [5.74, 6) is 1.62. The molecule has 5 aromatic rings. The maximum Gasteiger partial charge on any atom is 0.150 e. The Balaban J connectivity index is 1.43. The van der Waals surface area contributed by atoms with Crippen LogP contribution in [0.5, 0.6) is 11.5 Å². The fraction of sp³-hybridized carbons (Fsp3) is 0.231. The van der Waals surface area contributed by atoms with Gasteiger partial charge in [-0.3, -0.25) is 0 Å². The lowest BCUT2D eigenvalue weighted by Gasteiger charge is -2.31. The largest absolute Gasteiger partial charge is 0.455 e. The lowest BCUT2D eigenvalue weighted by molar-refractivity contribution is 0.484. The minimum absolute atomic E-state index is 0.0763. The fourth-order valence-corrected chi connectivity index (χ4v) is 6.01. The second-order valence-corrected chi connectivity index (χ2v) is 11.6. The van der Waals surface area contributed by atoms with E-state index in [4.69, 9.17) is 4.74 Å². The zero-order chi connectivity index (χ0) is 29.0. The first-order chi connectivity index (χ1) is 19.8. The van der Waals surface area contributed by atoms with Gasteiger partial charge in [-0.05, 0) is 108 Å². The van der Waals surface area contributed by atoms with E-state index in [1.54, 1.807) is 0 Å². The van der Waals surface area contributed by atoms with Gasteiger partial charge in [0.05, 0.1) is 5.69 Å². The average Bonchev–Trinajstić information content (AvgIpc) is 2.96. The molecule has 0 amide bonds. The summed E-state index contributed by atoms with van der Waals surface area (Å²) < 4.78 is 6.39. The Labute approximate surface area is 246 Å². The van der Waals surface area contributed by atoms with E-state index >= 15 is 0 Å². The number of anilines is 2. The van der Waals surface area contributed by atoms with Crippen LogP contribution in [0.1, 0.15) is 60.6 Å². The Morgan fingerprint density at radius 2 is 1.32 bits per heavy atom. The maximum absolute atomic E-state index is 6.39. The van der Waals surface area contributed by atoms with E-state index in [2.05, 4.69) is 114 Å². The first kappa shape index (κ1) is 28.2. The average molecular weight is 540 g/mol. The second kappa shape index (κ2) is 12.1. The molecule has 208 valence electrons. The minimum Gasteiger partial charge on any atom is -0.455 e. The number of aryl methyl sites for hydroxylation is 4. The van der Waals surface area contributed by atoms with Crippen LogP contribution in [0.2, 0.25) is 0 Å². The van der Waals surface area contributed by atoms with Gasteiger partial charge in [-0.25, -0.2) is 0 Å². The van der Waals surface area contributed by atoms with Crippen LogP contribution in [-0.2, 0) is 11.8 Å². The van der Waals surface area contributed by atoms with Crippen molar-refractivity contribution in [3.63, 3.8) is 0 Å². The van der Waals surface area contributed by atoms with Crippen molar-refractivity contribution < 1.29 is 4.74 Å². The standard InChI is InChI=1S/C39H41NO/c1-7-15-30-16-11-12-19-35(30)39(5,6)36-26-28(3)34(25-29(36)4)33-23-22-32(24-27(33)2)41-38-21-14-13-20-37(38)40-31-17-9-8-10-18-31/h8-14,16-26,40H,7,15H2,1-6H3. The summed E-state index contributed by atoms with van der Waals surface area (Å²) in [6.07, 6.45) is 2.26. The highest BCUT2D eigenvalue weighted by Gasteiger charge is 2.28. The van der Waals surface area contributed by atoms with Gasteiger partial charge in [-0.15, -0.1) is 0 Å². The second-order valence-electron chi connectivity index (χ2n) is 11.6. The molecule has 0 spiro atoms. The van der Waals surface area contributed by atoms with Crippen LogP contribution < -0.4 is 10.1 Å². The molecule has 41 heavy (non-hydrogen) atoms. The predicted octanol–water partition coefficient (Wildman–Crippen LogP) is 11.1. The monoisotopic (exact) mass is 539 g/mol. The number of hydrogen-bond donors (Lipinski definition) is 1. The molecule has 0 radical (unpaired) electrons. The van der Waals surface area contributed by atoms with Crippen molar-refractivity contribution in [1.82, 2.24) is 0 Å². The zero-order valence-corrected chi connectivity index (χ0v) is 25.2. The molecule has 0 unspecified atom stereocenters. The third kappa shape index (κ3) is 6.07. The van der Waals surface area contributed by atoms with Crippen molar-refractivity contribution in [3.05, 3.63) is 143 Å². The van der Waals surface area contributed by atoms with Gasteiger partial charge in [-0.2, -0.15) is 0 Å². The number of benzene rings is 5. The summed E-state index contributed by atoms with van der Waals surface area (Å²) >= 11 is 0. The van der Waals surface area contributed by atoms with E-state index in [9.17, 15) is 0 Å². The summed E-state index contributed by atoms with van der Waals surface area (Å²) in [7, 11) is 0. The number of nitrogens with one attached hydrogen (secondary N) is 1. The summed E-state index contributed by atoms with van der Waals surface area (Å²) in [4.78, 5) is 0. The molecule has 0 saturated carbocycles. The normalized spacial score (nSPS) is 11.4. The van der Waals surface area contributed by atoms with Crippen LogP contribution >= 0.6 is 0 Å². The molecule has 0 saturated heterocycles. The van der Waals surface area contributed by atoms with Crippen LogP contribution in [0.15, 0.2) is 109 Å². The van der Waals surface area contributed by atoms with Gasteiger partial charge in [-0.1, -0.05) is 100.0 Å². The van der Waals surface area contributed by atoms with Crippen molar-refractivity contribution >= 4 is 11.4 Å². The van der Waals surface area contributed by atoms with Gasteiger partial charge >= 0.3 is 0 Å². The van der Waals surface area contributed by atoms with Crippen molar-refractivity contribution in [2.45, 2.75) is 59.8 Å². The van der Waals surface area contributed by atoms with E-state index in [1.807, 2.05) is 42.5 Å². The molecule has 0 bridgehead atoms. The Kier molecular flexibility index (Phi) is 8.31. The van der Waals surface area contributed by atoms with Crippen LogP contribution in [-0.4, -0.2) is 0 Å². The molecule has 0 aliphatic heterocycles. The Morgan fingerprint density at radius 3 is 2.07 bits per heavy atom. The summed E-state index contributed by atoms with van der Waals surface area (Å²) in [5.41, 5.74) is 12.5. The van der Waals surface area contributed by atoms with E-state index in [0.29, 0.717) is 0 Å². The topological polar surface area (TPSA) is 21.3 Å². The summed E-state index contributed by atoms with van der Waals surface area (Å²) in [5, 5.41) is 3.47. The highest BCUT2D eigenvalue weighted by molar-refractivity contribution is 5.73. The van der Waals surface area contributed by atoms with Gasteiger partial charge in [0.2, 0.25) is 0 Å². The highest BCUT2D eigenvalue weighted by atomic mass is 16.5. The van der Waals surface area contributed by atoms with E-state index in [1.165, 1.54) is 44.5 Å². The molecule has 2 nitrogen and oxygen atoms in total. The number of rotatable bonds is 9. The highest BCUT2D eigenvalue weighted by Crippen LogP contribution is 2.40. The number of ether oxygens (including phenoxy) is 1. The van der Waals surface area contributed by atoms with Crippen molar-refractivity contribution in [2.24, 2.45) is 0 Å². The number of hydrogen-bond acceptors (Lipinski definition) is 2. The molecular formula is C39H41NO. The van der Waals surface area contributed by atoms with Crippen molar-refractivity contribution in [2.75, 3.05) is 5.32 Å². The van der Waals surface area contributed by atoms with E-state index in [-0.39, 0.29) is 5.41 Å². The fourth-order valence-electron chi connectivity index (χ4n) is 6.01. The lowest BCUT2D eigenvalue weighted by atomic mass is 9.73. The molecule has 0 aromatic heterocycles. The van der Waals surface area contributed by atoms with Crippen LogP contribution in [0.3, 0.4) is 0 Å². The molecule has 0 aliphatic rings. The van der Waals surface area contributed by atoms with Crippen molar-refractivity contribution in [1.29, 1.82) is 0 Å². The zero-order valence-electron chi connectivity index (χ0n) is 25.2. The van der Waals surface area contributed by atoms with Gasteiger partial charge in [0.15, 0.2) is 5.75 Å². The quantitative estimate of drug-likeness (QED) is 0.201. The molecule has 0 atom stereocenters. The lowest BCUT2D eigenvalue weighted by Crippen LogP contribution is -2.22. The molecule has 2 heteroatoms. The minimum atomic E-state index is -0.0763. The molecule has 5 rings (SSSR count). The Hall–Kier alpha value is -4.30. The molecule has 0 heterocycles. The maximum atomic E-state index is 6.39. The third-order valence-electron chi connectivity index (χ3n) is 8.11. The summed E-state index contributed by atoms with van der Waals surface area (Å²) in [6, 6.07) is 38.4. The van der Waals surface area contributed by atoms with E-state index < -0.39 is 0 Å². The molecule has 1 N–H and O–H groups in total. The smallest absolute Gasteiger partial charge is 0.150 e. The van der Waals surface area contributed by atoms with Crippen LogP contribution in [0.4, 0.5) is 11.4 Å². The Bertz CT molecular complexity index is 1650. The van der Waals surface area contributed by atoms with Crippen LogP contribution in [0, 0.1) is 20.8 Å². The van der Waals surface area contributed by atoms with Crippen LogP contribution in [0.25, 0.3) is 11.1 Å². The summed E-state index contributed by atoms with van der Waals surface area (Å²) in [6.45, 7) is 13.7. The first-order valence-electron chi connectivity index (χ1n) is 14.7. The number of para-hydroxylation sites is 3. The van der Waals surface area contributed by atoms with Crippen molar-refractivity contribution in [3.8, 4) is 22.6 Å². The van der Waals surface area contributed by atoms with Gasteiger partial charge in [0.1, 0.15) is 5.75 Å². The van der Waals surface area contributed by atoms with Gasteiger partial charge in [0, 0.05) is 11.1 Å². The molecule has 0 fully saturated rings. The Morgan fingerprint density at radius 1 is 0.634 bits per heavy atom. The molecule has 0 aliphatic carbocycles. The van der Waals surface area contributed by atoms with E-state index in [0.717, 1.165) is 35.7 Å². The SMILES string of the molecule is CCCc1ccccc1C(C)(C)c1cc(C)c(-c2ccc(Oc3ccccc3Nc3ccccc3)cc2C)cc1C. The third-order valence-corrected chi connectivity index (χ3v) is 8.11. The van der Waals surface area contributed by atoms with Gasteiger partial charge < -0.3 is 10.1 Å². The first-order valence-corrected chi connectivity index (χ1v) is 14.7. The molecular weight excluding hydrogens is 498 g/mol.